The van der Waals surface area contributed by atoms with Crippen molar-refractivity contribution in [3.8, 4) is 0 Å². The molecule has 0 aromatic rings. The van der Waals surface area contributed by atoms with Crippen LogP contribution in [0, 0.1) is 0 Å². The minimum Gasteiger partial charge on any atom is -0.477 e. The number of halogens is 2. The molecule has 0 bridgehead atoms. The Morgan fingerprint density at radius 3 is 2.46 bits per heavy atom. The largest absolute Gasteiger partial charge is 0.477 e. The Bertz CT molecular complexity index is 174. The van der Waals surface area contributed by atoms with Gasteiger partial charge in [0, 0.05) is 0 Å². The van der Waals surface area contributed by atoms with Crippen molar-refractivity contribution in [2.45, 2.75) is 25.7 Å². The molecule has 0 aromatic heterocycles. The van der Waals surface area contributed by atoms with Crippen molar-refractivity contribution in [2.75, 3.05) is 20.1 Å². The fraction of sp³-hybridized carbons (Fsp3) is 0.875. The Morgan fingerprint density at radius 1 is 1.54 bits per heavy atom. The number of unbranched alkanes of at least 4 members (excludes halogenated alkanes) is 1. The van der Waals surface area contributed by atoms with Gasteiger partial charge in [0.25, 0.3) is 0 Å². The molecule has 0 saturated heterocycles. The Labute approximate surface area is 76.3 Å². The minimum atomic E-state index is -3.64. The molecule has 0 fully saturated rings. The zero-order valence-corrected chi connectivity index (χ0v) is 7.89. The standard InChI is InChI=1S/C8H15F2NO2/c1-3-4-5-11(2)6-8(9,10)7(12)13/h3-6H2,1-2H3,(H,12,13). The van der Waals surface area contributed by atoms with Crippen LogP contribution in [0.15, 0.2) is 0 Å². The number of alkyl halides is 2. The molecule has 78 valence electrons. The van der Waals surface area contributed by atoms with Gasteiger partial charge in [-0.1, -0.05) is 13.3 Å². The Balaban J connectivity index is 3.89. The smallest absolute Gasteiger partial charge is 0.375 e. The first-order chi connectivity index (χ1) is 5.90. The van der Waals surface area contributed by atoms with Gasteiger partial charge in [0.1, 0.15) is 0 Å². The maximum Gasteiger partial charge on any atom is 0.375 e. The Morgan fingerprint density at radius 2 is 2.08 bits per heavy atom. The summed E-state index contributed by atoms with van der Waals surface area (Å²) < 4.78 is 25.2. The maximum atomic E-state index is 12.6. The van der Waals surface area contributed by atoms with E-state index in [9.17, 15) is 13.6 Å². The van der Waals surface area contributed by atoms with Gasteiger partial charge < -0.3 is 10.0 Å². The summed E-state index contributed by atoms with van der Waals surface area (Å²) in [5.41, 5.74) is 0. The van der Waals surface area contributed by atoms with Crippen LogP contribution in [-0.2, 0) is 4.79 Å². The summed E-state index contributed by atoms with van der Waals surface area (Å²) in [6, 6.07) is 0. The molecule has 0 spiro atoms. The molecule has 5 heteroatoms. The second kappa shape index (κ2) is 5.11. The lowest BCUT2D eigenvalue weighted by molar-refractivity contribution is -0.166. The van der Waals surface area contributed by atoms with E-state index in [4.69, 9.17) is 5.11 Å². The first-order valence-corrected chi connectivity index (χ1v) is 4.20. The van der Waals surface area contributed by atoms with Gasteiger partial charge >= 0.3 is 11.9 Å². The SMILES string of the molecule is CCCCN(C)CC(F)(F)C(=O)O. The third-order valence-corrected chi connectivity index (χ3v) is 1.67. The van der Waals surface area contributed by atoms with Crippen LogP contribution in [0.2, 0.25) is 0 Å². The average Bonchev–Trinajstić information content (AvgIpc) is 1.99. The lowest BCUT2D eigenvalue weighted by Crippen LogP contribution is -2.41. The summed E-state index contributed by atoms with van der Waals surface area (Å²) in [6.45, 7) is 1.73. The van der Waals surface area contributed by atoms with Crippen LogP contribution in [0.5, 0.6) is 0 Å². The van der Waals surface area contributed by atoms with Gasteiger partial charge in [-0.25, -0.2) is 4.79 Å². The highest BCUT2D eigenvalue weighted by Crippen LogP contribution is 2.14. The van der Waals surface area contributed by atoms with Gasteiger partial charge in [-0.15, -0.1) is 0 Å². The normalized spacial score (nSPS) is 12.1. The molecular weight excluding hydrogens is 180 g/mol. The third-order valence-electron chi connectivity index (χ3n) is 1.67. The molecule has 0 rings (SSSR count). The van der Waals surface area contributed by atoms with E-state index in [2.05, 4.69) is 0 Å². The summed E-state index contributed by atoms with van der Waals surface area (Å²) in [6.07, 6.45) is 1.70. The Kier molecular flexibility index (Phi) is 4.83. The minimum absolute atomic E-state index is 0.499. The lowest BCUT2D eigenvalue weighted by Gasteiger charge is -2.20. The average molecular weight is 195 g/mol. The van der Waals surface area contributed by atoms with Crippen LogP contribution in [0.1, 0.15) is 19.8 Å². The van der Waals surface area contributed by atoms with Gasteiger partial charge in [0.15, 0.2) is 0 Å². The quantitative estimate of drug-likeness (QED) is 0.697. The maximum absolute atomic E-state index is 12.6. The number of carboxylic acid groups (broad SMARTS) is 1. The van der Waals surface area contributed by atoms with Crippen LogP contribution < -0.4 is 0 Å². The number of aliphatic carboxylic acids is 1. The van der Waals surface area contributed by atoms with E-state index in [1.807, 2.05) is 6.92 Å². The molecule has 0 radical (unpaired) electrons. The fourth-order valence-electron chi connectivity index (χ4n) is 0.914. The van der Waals surface area contributed by atoms with E-state index < -0.39 is 18.4 Å². The zero-order valence-electron chi connectivity index (χ0n) is 7.89. The second-order valence-electron chi connectivity index (χ2n) is 3.10. The number of carbonyl (C=O) groups is 1. The van der Waals surface area contributed by atoms with Gasteiger partial charge in [-0.3, -0.25) is 0 Å². The summed E-state index contributed by atoms with van der Waals surface area (Å²) in [4.78, 5) is 11.4. The van der Waals surface area contributed by atoms with Crippen molar-refractivity contribution < 1.29 is 18.7 Å². The highest BCUT2D eigenvalue weighted by molar-refractivity contribution is 5.75. The van der Waals surface area contributed by atoms with E-state index in [0.29, 0.717) is 6.54 Å². The van der Waals surface area contributed by atoms with E-state index in [1.165, 1.54) is 11.9 Å². The van der Waals surface area contributed by atoms with E-state index >= 15 is 0 Å². The van der Waals surface area contributed by atoms with Crippen LogP contribution >= 0.6 is 0 Å². The monoisotopic (exact) mass is 195 g/mol. The summed E-state index contributed by atoms with van der Waals surface area (Å²) in [5, 5.41) is 8.14. The summed E-state index contributed by atoms with van der Waals surface area (Å²) in [7, 11) is 1.49. The van der Waals surface area contributed by atoms with Crippen molar-refractivity contribution >= 4 is 5.97 Å². The second-order valence-corrected chi connectivity index (χ2v) is 3.10. The van der Waals surface area contributed by atoms with Gasteiger partial charge in [0.05, 0.1) is 6.54 Å². The first-order valence-electron chi connectivity index (χ1n) is 4.20. The highest BCUT2D eigenvalue weighted by Gasteiger charge is 2.39. The van der Waals surface area contributed by atoms with E-state index in [1.54, 1.807) is 0 Å². The Hall–Kier alpha value is -0.710. The number of carboxylic acids is 1. The zero-order chi connectivity index (χ0) is 10.5. The van der Waals surface area contributed by atoms with Crippen LogP contribution in [-0.4, -0.2) is 42.0 Å². The van der Waals surface area contributed by atoms with Crippen LogP contribution in [0.25, 0.3) is 0 Å². The molecular formula is C8H15F2NO2. The summed E-state index contributed by atoms with van der Waals surface area (Å²) in [5.74, 6) is -5.70. The molecule has 1 N–H and O–H groups in total. The van der Waals surface area contributed by atoms with Crippen molar-refractivity contribution in [1.29, 1.82) is 0 Å². The van der Waals surface area contributed by atoms with Crippen molar-refractivity contribution in [1.82, 2.24) is 4.90 Å². The van der Waals surface area contributed by atoms with Crippen LogP contribution in [0.3, 0.4) is 0 Å². The molecule has 0 aliphatic rings. The first kappa shape index (κ1) is 12.3. The number of rotatable bonds is 6. The predicted octanol–water partition coefficient (Wildman–Crippen LogP) is 1.44. The summed E-state index contributed by atoms with van der Waals surface area (Å²) >= 11 is 0. The topological polar surface area (TPSA) is 40.5 Å². The number of hydrogen-bond donors (Lipinski definition) is 1. The lowest BCUT2D eigenvalue weighted by atomic mass is 10.3. The van der Waals surface area contributed by atoms with Crippen molar-refractivity contribution in [3.05, 3.63) is 0 Å². The molecule has 3 nitrogen and oxygen atoms in total. The van der Waals surface area contributed by atoms with Gasteiger partial charge in [-0.2, -0.15) is 8.78 Å². The fourth-order valence-corrected chi connectivity index (χ4v) is 0.914. The molecule has 0 saturated carbocycles. The van der Waals surface area contributed by atoms with Crippen molar-refractivity contribution in [2.24, 2.45) is 0 Å². The molecule has 0 aliphatic carbocycles. The van der Waals surface area contributed by atoms with Gasteiger partial charge in [0.2, 0.25) is 0 Å². The highest BCUT2D eigenvalue weighted by atomic mass is 19.3. The molecule has 0 amide bonds. The molecule has 13 heavy (non-hydrogen) atoms. The molecule has 0 unspecified atom stereocenters. The molecule has 0 atom stereocenters. The van der Waals surface area contributed by atoms with Crippen molar-refractivity contribution in [3.63, 3.8) is 0 Å². The van der Waals surface area contributed by atoms with E-state index in [0.717, 1.165) is 12.8 Å². The number of hydrogen-bond acceptors (Lipinski definition) is 2. The third kappa shape index (κ3) is 4.77. The number of nitrogens with zero attached hydrogens (tertiary/aromatic N) is 1. The van der Waals surface area contributed by atoms with E-state index in [-0.39, 0.29) is 0 Å². The predicted molar refractivity (Wildman–Crippen MR) is 45.0 cm³/mol. The molecule has 0 aromatic carbocycles. The van der Waals surface area contributed by atoms with Crippen LogP contribution in [0.4, 0.5) is 8.78 Å². The molecule has 0 heterocycles. The molecule has 0 aliphatic heterocycles. The van der Waals surface area contributed by atoms with Gasteiger partial charge in [-0.05, 0) is 20.0 Å².